The van der Waals surface area contributed by atoms with Crippen LogP contribution in [-0.4, -0.2) is 6.61 Å². The second-order valence-electron chi connectivity index (χ2n) is 1.81. The summed E-state index contributed by atoms with van der Waals surface area (Å²) in [6.45, 7) is 0.674. The zero-order valence-corrected chi connectivity index (χ0v) is 7.72. The SMILES string of the molecule is [CH2-]OCC1=CC=CC1.[Zr]. The van der Waals surface area contributed by atoms with Crippen LogP contribution in [0.3, 0.4) is 0 Å². The van der Waals surface area contributed by atoms with E-state index in [0.717, 1.165) is 6.42 Å². The molecule has 1 aliphatic rings. The van der Waals surface area contributed by atoms with Crippen molar-refractivity contribution in [2.75, 3.05) is 6.61 Å². The molecule has 1 aliphatic carbocycles. The quantitative estimate of drug-likeness (QED) is 0.616. The molecule has 0 unspecified atom stereocenters. The Hall–Kier alpha value is 0.323. The van der Waals surface area contributed by atoms with Gasteiger partial charge < -0.3 is 4.74 Å². The molecule has 0 fully saturated rings. The second kappa shape index (κ2) is 5.14. The van der Waals surface area contributed by atoms with E-state index in [1.807, 2.05) is 6.08 Å². The molecule has 0 aromatic rings. The van der Waals surface area contributed by atoms with Crippen molar-refractivity contribution in [3.8, 4) is 0 Å². The van der Waals surface area contributed by atoms with Crippen LogP contribution in [0.4, 0.5) is 0 Å². The number of rotatable bonds is 2. The van der Waals surface area contributed by atoms with Gasteiger partial charge >= 0.3 is 0 Å². The van der Waals surface area contributed by atoms with Gasteiger partial charge in [0.1, 0.15) is 0 Å². The fourth-order valence-electron chi connectivity index (χ4n) is 0.730. The summed E-state index contributed by atoms with van der Waals surface area (Å²) in [6.07, 6.45) is 7.24. The van der Waals surface area contributed by atoms with E-state index in [-0.39, 0.29) is 26.2 Å². The van der Waals surface area contributed by atoms with Crippen molar-refractivity contribution >= 4 is 0 Å². The topological polar surface area (TPSA) is 9.23 Å². The number of ether oxygens (including phenoxy) is 1. The third-order valence-corrected chi connectivity index (χ3v) is 1.14. The minimum atomic E-state index is 0. The average Bonchev–Trinajstić information content (AvgIpc) is 2.19. The van der Waals surface area contributed by atoms with Crippen molar-refractivity contribution in [2.45, 2.75) is 6.42 Å². The van der Waals surface area contributed by atoms with Crippen molar-refractivity contribution in [3.05, 3.63) is 30.9 Å². The van der Waals surface area contributed by atoms with Crippen LogP contribution in [0, 0.1) is 7.11 Å². The van der Waals surface area contributed by atoms with Gasteiger partial charge in [0, 0.05) is 32.8 Å². The summed E-state index contributed by atoms with van der Waals surface area (Å²) in [6, 6.07) is 0. The van der Waals surface area contributed by atoms with E-state index < -0.39 is 0 Å². The first kappa shape index (κ1) is 9.32. The van der Waals surface area contributed by atoms with Crippen LogP contribution in [-0.2, 0) is 30.9 Å². The van der Waals surface area contributed by atoms with Crippen LogP contribution in [0.2, 0.25) is 0 Å². The predicted octanol–water partition coefficient (Wildman–Crippen LogP) is 1.68. The summed E-state index contributed by atoms with van der Waals surface area (Å²) in [5, 5.41) is 0. The van der Waals surface area contributed by atoms with Gasteiger partial charge in [-0.15, -0.1) is 0 Å². The van der Waals surface area contributed by atoms with Gasteiger partial charge in [0.25, 0.3) is 0 Å². The number of hydrogen-bond acceptors (Lipinski definition) is 1. The van der Waals surface area contributed by atoms with Crippen molar-refractivity contribution in [3.63, 3.8) is 0 Å². The molecule has 48 valence electrons. The van der Waals surface area contributed by atoms with Gasteiger partial charge in [0.15, 0.2) is 0 Å². The Kier molecular flexibility index (Phi) is 5.32. The Labute approximate surface area is 74.9 Å². The molecule has 1 rings (SSSR count). The molecule has 2 heteroatoms. The van der Waals surface area contributed by atoms with Gasteiger partial charge in [-0.2, -0.15) is 0 Å². The maximum absolute atomic E-state index is 4.67. The van der Waals surface area contributed by atoms with Gasteiger partial charge in [-0.3, -0.25) is 0 Å². The van der Waals surface area contributed by atoms with Crippen LogP contribution in [0.5, 0.6) is 0 Å². The monoisotopic (exact) mass is 199 g/mol. The van der Waals surface area contributed by atoms with Crippen LogP contribution in [0.15, 0.2) is 23.8 Å². The van der Waals surface area contributed by atoms with Crippen molar-refractivity contribution in [1.29, 1.82) is 0 Å². The Balaban J connectivity index is 0.000000640. The van der Waals surface area contributed by atoms with Crippen molar-refractivity contribution < 1.29 is 30.9 Å². The van der Waals surface area contributed by atoms with Gasteiger partial charge in [-0.1, -0.05) is 18.2 Å². The molecule has 0 saturated heterocycles. The molecule has 0 amide bonds. The molecule has 0 N–H and O–H groups in total. The van der Waals surface area contributed by atoms with Crippen LogP contribution < -0.4 is 0 Å². The van der Waals surface area contributed by atoms with E-state index in [4.69, 9.17) is 0 Å². The molecular weight excluding hydrogens is 191 g/mol. The molecular formula is C7H9OZr-. The first-order chi connectivity index (χ1) is 3.93. The van der Waals surface area contributed by atoms with Gasteiger partial charge in [-0.05, 0) is 12.0 Å². The van der Waals surface area contributed by atoms with Gasteiger partial charge in [-0.25, -0.2) is 7.11 Å². The molecule has 0 aromatic heterocycles. The Morgan fingerprint density at radius 1 is 1.67 bits per heavy atom. The van der Waals surface area contributed by atoms with Gasteiger partial charge in [0.05, 0.1) is 0 Å². The van der Waals surface area contributed by atoms with E-state index in [0.29, 0.717) is 6.61 Å². The fraction of sp³-hybridized carbons (Fsp3) is 0.286. The summed E-state index contributed by atoms with van der Waals surface area (Å²) in [7, 11) is 3.28. The third-order valence-electron chi connectivity index (χ3n) is 1.14. The molecule has 0 aromatic carbocycles. The molecule has 0 aliphatic heterocycles. The Morgan fingerprint density at radius 3 is 2.89 bits per heavy atom. The average molecular weight is 200 g/mol. The molecule has 0 bridgehead atoms. The summed E-state index contributed by atoms with van der Waals surface area (Å²) in [5.74, 6) is 0. The molecule has 9 heavy (non-hydrogen) atoms. The van der Waals surface area contributed by atoms with E-state index in [9.17, 15) is 0 Å². The predicted molar refractivity (Wildman–Crippen MR) is 33.1 cm³/mol. The zero-order valence-electron chi connectivity index (χ0n) is 5.26. The molecule has 0 atom stereocenters. The van der Waals surface area contributed by atoms with Crippen molar-refractivity contribution in [1.82, 2.24) is 0 Å². The minimum Gasteiger partial charge on any atom is -0.552 e. The smallest absolute Gasteiger partial charge is 0.0337 e. The van der Waals surface area contributed by atoms with E-state index >= 15 is 0 Å². The third kappa shape index (κ3) is 3.12. The summed E-state index contributed by atoms with van der Waals surface area (Å²) in [5.41, 5.74) is 1.31. The van der Waals surface area contributed by atoms with Gasteiger partial charge in [0.2, 0.25) is 0 Å². The Bertz CT molecular complexity index is 127. The first-order valence-electron chi connectivity index (χ1n) is 2.65. The number of allylic oxidation sites excluding steroid dienone is 3. The van der Waals surface area contributed by atoms with Crippen molar-refractivity contribution in [2.24, 2.45) is 0 Å². The zero-order chi connectivity index (χ0) is 5.82. The first-order valence-corrected chi connectivity index (χ1v) is 2.65. The maximum atomic E-state index is 4.67. The summed E-state index contributed by atoms with van der Waals surface area (Å²) in [4.78, 5) is 0. The maximum Gasteiger partial charge on any atom is 0.0337 e. The standard InChI is InChI=1S/C7H9O.Zr/c1-8-6-7-4-2-3-5-7;/h2-4H,1,5-6H2;/q-1;. The Morgan fingerprint density at radius 2 is 2.44 bits per heavy atom. The van der Waals surface area contributed by atoms with E-state index in [1.165, 1.54) is 5.57 Å². The fourth-order valence-corrected chi connectivity index (χ4v) is 0.730. The summed E-state index contributed by atoms with van der Waals surface area (Å²) >= 11 is 0. The minimum absolute atomic E-state index is 0. The molecule has 0 saturated carbocycles. The molecule has 0 radical (unpaired) electrons. The molecule has 1 nitrogen and oxygen atoms in total. The number of hydrogen-bond donors (Lipinski definition) is 0. The normalized spacial score (nSPS) is 15.0. The van der Waals surface area contributed by atoms with E-state index in [2.05, 4.69) is 24.0 Å². The molecule has 0 spiro atoms. The van der Waals surface area contributed by atoms with Crippen LogP contribution in [0.1, 0.15) is 6.42 Å². The van der Waals surface area contributed by atoms with E-state index in [1.54, 1.807) is 0 Å². The summed E-state index contributed by atoms with van der Waals surface area (Å²) < 4.78 is 4.67. The largest absolute Gasteiger partial charge is 0.552 e. The van der Waals surface area contributed by atoms with Crippen LogP contribution >= 0.6 is 0 Å². The molecule has 0 heterocycles. The van der Waals surface area contributed by atoms with Crippen LogP contribution in [0.25, 0.3) is 0 Å². The second-order valence-corrected chi connectivity index (χ2v) is 1.81.